The maximum absolute atomic E-state index is 5.85. The summed E-state index contributed by atoms with van der Waals surface area (Å²) in [5.74, 6) is 1.05. The molecule has 90 valence electrons. The van der Waals surface area contributed by atoms with Crippen molar-refractivity contribution in [3.05, 3.63) is 43.1 Å². The second kappa shape index (κ2) is 4.28. The Labute approximate surface area is 102 Å². The fourth-order valence-corrected chi connectivity index (χ4v) is 1.72. The van der Waals surface area contributed by atoms with Gasteiger partial charge in [0.2, 0.25) is 6.39 Å². The van der Waals surface area contributed by atoms with Crippen molar-refractivity contribution in [1.82, 2.24) is 24.7 Å². The highest BCUT2D eigenvalue weighted by Gasteiger charge is 2.10. The Kier molecular flexibility index (Phi) is 2.49. The van der Waals surface area contributed by atoms with Crippen LogP contribution in [0.15, 0.2) is 41.8 Å². The molecule has 0 aliphatic heterocycles. The van der Waals surface area contributed by atoms with Crippen LogP contribution in [0.1, 0.15) is 5.82 Å². The highest BCUT2D eigenvalue weighted by molar-refractivity contribution is 5.70. The Morgan fingerprint density at radius 1 is 1.33 bits per heavy atom. The summed E-state index contributed by atoms with van der Waals surface area (Å²) >= 11 is 0. The third-order valence-electron chi connectivity index (χ3n) is 2.55. The van der Waals surface area contributed by atoms with Crippen LogP contribution in [0, 0.1) is 0 Å². The van der Waals surface area contributed by atoms with Gasteiger partial charge in [0.05, 0.1) is 24.8 Å². The molecule has 3 aromatic rings. The number of nitrogens with two attached hydrogens (primary N) is 1. The molecule has 0 amide bonds. The van der Waals surface area contributed by atoms with Gasteiger partial charge in [-0.25, -0.2) is 9.97 Å². The van der Waals surface area contributed by atoms with E-state index in [1.54, 1.807) is 18.7 Å². The van der Waals surface area contributed by atoms with Crippen molar-refractivity contribution in [3.63, 3.8) is 0 Å². The number of pyridine rings is 1. The molecule has 0 unspecified atom stereocenters. The standard InChI is InChI=1S/C11H10N6O/c12-11-8(2-1-3-14-11)9-4-13-6-17(9)5-10-15-7-18-16-10/h1-4,6-7H,5H2,(H2,12,14). The number of hydrogen-bond acceptors (Lipinski definition) is 6. The van der Waals surface area contributed by atoms with Crippen LogP contribution in [0.4, 0.5) is 5.82 Å². The van der Waals surface area contributed by atoms with Crippen LogP contribution in [0.5, 0.6) is 0 Å². The molecule has 0 atom stereocenters. The van der Waals surface area contributed by atoms with Gasteiger partial charge in [-0.15, -0.1) is 0 Å². The van der Waals surface area contributed by atoms with Gasteiger partial charge in [0, 0.05) is 11.8 Å². The fraction of sp³-hybridized carbons (Fsp3) is 0.0909. The van der Waals surface area contributed by atoms with E-state index in [1.165, 1.54) is 6.39 Å². The molecule has 3 rings (SSSR count). The molecule has 3 heterocycles. The first-order valence-electron chi connectivity index (χ1n) is 5.31. The Bertz CT molecular complexity index is 645. The molecule has 0 saturated heterocycles. The molecule has 0 fully saturated rings. The lowest BCUT2D eigenvalue weighted by Gasteiger charge is -2.07. The summed E-state index contributed by atoms with van der Waals surface area (Å²) in [7, 11) is 0. The summed E-state index contributed by atoms with van der Waals surface area (Å²) in [6, 6.07) is 3.73. The normalized spacial score (nSPS) is 10.7. The highest BCUT2D eigenvalue weighted by atomic mass is 16.5. The lowest BCUT2D eigenvalue weighted by Crippen LogP contribution is -2.03. The van der Waals surface area contributed by atoms with E-state index in [4.69, 9.17) is 10.3 Å². The van der Waals surface area contributed by atoms with Gasteiger partial charge in [0.1, 0.15) is 5.82 Å². The van der Waals surface area contributed by atoms with Crippen molar-refractivity contribution < 1.29 is 4.52 Å². The zero-order valence-electron chi connectivity index (χ0n) is 9.39. The topological polar surface area (TPSA) is 95.7 Å². The summed E-state index contributed by atoms with van der Waals surface area (Å²) in [4.78, 5) is 12.1. The van der Waals surface area contributed by atoms with Crippen molar-refractivity contribution in [3.8, 4) is 11.3 Å². The number of hydrogen-bond donors (Lipinski definition) is 1. The summed E-state index contributed by atoms with van der Waals surface area (Å²) in [5.41, 5.74) is 7.55. The van der Waals surface area contributed by atoms with Gasteiger partial charge in [-0.2, -0.15) is 4.98 Å². The predicted molar refractivity (Wildman–Crippen MR) is 63.3 cm³/mol. The van der Waals surface area contributed by atoms with Crippen molar-refractivity contribution >= 4 is 5.82 Å². The molecule has 0 aromatic carbocycles. The van der Waals surface area contributed by atoms with E-state index in [1.807, 2.05) is 16.7 Å². The lowest BCUT2D eigenvalue weighted by molar-refractivity contribution is 0.408. The summed E-state index contributed by atoms with van der Waals surface area (Å²) in [6.45, 7) is 0.472. The van der Waals surface area contributed by atoms with Gasteiger partial charge in [0.25, 0.3) is 0 Å². The van der Waals surface area contributed by atoms with Gasteiger partial charge in [0.15, 0.2) is 5.82 Å². The average molecular weight is 242 g/mol. The maximum atomic E-state index is 5.85. The van der Waals surface area contributed by atoms with Crippen LogP contribution in [-0.2, 0) is 6.54 Å². The first kappa shape index (κ1) is 10.5. The van der Waals surface area contributed by atoms with Crippen LogP contribution in [-0.4, -0.2) is 24.7 Å². The summed E-state index contributed by atoms with van der Waals surface area (Å²) in [6.07, 6.45) is 6.37. The van der Waals surface area contributed by atoms with Gasteiger partial charge < -0.3 is 14.8 Å². The van der Waals surface area contributed by atoms with Crippen LogP contribution in [0.2, 0.25) is 0 Å². The smallest absolute Gasteiger partial charge is 0.213 e. The predicted octanol–water partition coefficient (Wildman–Crippen LogP) is 0.959. The molecule has 0 spiro atoms. The quantitative estimate of drug-likeness (QED) is 0.734. The number of imidazole rings is 1. The van der Waals surface area contributed by atoms with Crippen LogP contribution < -0.4 is 5.73 Å². The van der Waals surface area contributed by atoms with Crippen LogP contribution in [0.3, 0.4) is 0 Å². The van der Waals surface area contributed by atoms with Crippen molar-refractivity contribution in [2.45, 2.75) is 6.54 Å². The SMILES string of the molecule is Nc1ncccc1-c1cncn1Cc1ncon1. The van der Waals surface area contributed by atoms with E-state index in [-0.39, 0.29) is 0 Å². The monoisotopic (exact) mass is 242 g/mol. The van der Waals surface area contributed by atoms with E-state index in [9.17, 15) is 0 Å². The number of nitrogen functional groups attached to an aromatic ring is 1. The first-order chi connectivity index (χ1) is 8.84. The van der Waals surface area contributed by atoms with Crippen LogP contribution in [0.25, 0.3) is 11.3 Å². The largest absolute Gasteiger partial charge is 0.383 e. The second-order valence-electron chi connectivity index (χ2n) is 3.69. The molecule has 0 radical (unpaired) electrons. The summed E-state index contributed by atoms with van der Waals surface area (Å²) in [5, 5.41) is 3.77. The molecule has 0 aliphatic rings. The molecule has 7 nitrogen and oxygen atoms in total. The van der Waals surface area contributed by atoms with E-state index in [0.717, 1.165) is 11.3 Å². The van der Waals surface area contributed by atoms with Crippen molar-refractivity contribution in [2.24, 2.45) is 0 Å². The third-order valence-corrected chi connectivity index (χ3v) is 2.55. The zero-order valence-corrected chi connectivity index (χ0v) is 9.39. The van der Waals surface area contributed by atoms with Gasteiger partial charge in [-0.05, 0) is 12.1 Å². The minimum Gasteiger partial charge on any atom is -0.383 e. The van der Waals surface area contributed by atoms with E-state index in [0.29, 0.717) is 18.2 Å². The highest BCUT2D eigenvalue weighted by Crippen LogP contribution is 2.23. The Hall–Kier alpha value is -2.70. The molecular formula is C11H10N6O. The van der Waals surface area contributed by atoms with Crippen LogP contribution >= 0.6 is 0 Å². The molecule has 2 N–H and O–H groups in total. The zero-order chi connectivity index (χ0) is 12.4. The minimum absolute atomic E-state index is 0.465. The van der Waals surface area contributed by atoms with Gasteiger partial charge >= 0.3 is 0 Å². The number of anilines is 1. The Morgan fingerprint density at radius 3 is 3.06 bits per heavy atom. The lowest BCUT2D eigenvalue weighted by atomic mass is 10.2. The number of nitrogens with zero attached hydrogens (tertiary/aromatic N) is 5. The van der Waals surface area contributed by atoms with E-state index < -0.39 is 0 Å². The third kappa shape index (κ3) is 1.81. The average Bonchev–Trinajstić information content (AvgIpc) is 3.02. The number of rotatable bonds is 3. The molecule has 0 saturated carbocycles. The maximum Gasteiger partial charge on any atom is 0.213 e. The van der Waals surface area contributed by atoms with Crippen molar-refractivity contribution in [2.75, 3.05) is 5.73 Å². The van der Waals surface area contributed by atoms with Crippen molar-refractivity contribution in [1.29, 1.82) is 0 Å². The van der Waals surface area contributed by atoms with E-state index in [2.05, 4.69) is 20.1 Å². The Morgan fingerprint density at radius 2 is 2.28 bits per heavy atom. The molecular weight excluding hydrogens is 232 g/mol. The second-order valence-corrected chi connectivity index (χ2v) is 3.69. The summed E-state index contributed by atoms with van der Waals surface area (Å²) < 4.78 is 6.59. The van der Waals surface area contributed by atoms with Gasteiger partial charge in [-0.3, -0.25) is 0 Å². The fourth-order valence-electron chi connectivity index (χ4n) is 1.72. The first-order valence-corrected chi connectivity index (χ1v) is 5.31. The molecule has 7 heteroatoms. The van der Waals surface area contributed by atoms with E-state index >= 15 is 0 Å². The number of aromatic nitrogens is 5. The Balaban J connectivity index is 1.99. The minimum atomic E-state index is 0.465. The molecule has 18 heavy (non-hydrogen) atoms. The molecule has 0 aliphatic carbocycles. The van der Waals surface area contributed by atoms with Gasteiger partial charge in [-0.1, -0.05) is 5.16 Å². The molecule has 3 aromatic heterocycles. The molecule has 0 bridgehead atoms.